The average Bonchev–Trinajstić information content (AvgIpc) is 3.08. The highest BCUT2D eigenvalue weighted by Gasteiger charge is 2.29. The van der Waals surface area contributed by atoms with E-state index in [4.69, 9.17) is 0 Å². The van der Waals surface area contributed by atoms with Gasteiger partial charge >= 0.3 is 0 Å². The summed E-state index contributed by atoms with van der Waals surface area (Å²) in [6.07, 6.45) is 6.36. The third-order valence-corrected chi connectivity index (χ3v) is 5.72. The zero-order valence-electron chi connectivity index (χ0n) is 17.1. The lowest BCUT2D eigenvalue weighted by molar-refractivity contribution is -0.117. The zero-order chi connectivity index (χ0) is 20.2. The summed E-state index contributed by atoms with van der Waals surface area (Å²) in [7, 11) is 2.19. The Morgan fingerprint density at radius 2 is 2.10 bits per heavy atom. The van der Waals surface area contributed by atoms with Crippen molar-refractivity contribution in [3.8, 4) is 0 Å². The molecular formula is C22H28ClN5O2. The lowest BCUT2D eigenvalue weighted by Crippen LogP contribution is -2.36. The van der Waals surface area contributed by atoms with Crippen molar-refractivity contribution in [2.75, 3.05) is 36.9 Å². The number of aromatic nitrogens is 1. The lowest BCUT2D eigenvalue weighted by atomic mass is 10.1. The molecule has 0 spiro atoms. The number of halogens is 1. The number of benzene rings is 1. The smallest absolute Gasteiger partial charge is 0.257 e. The zero-order valence-corrected chi connectivity index (χ0v) is 18.0. The van der Waals surface area contributed by atoms with Crippen molar-refractivity contribution in [1.29, 1.82) is 0 Å². The van der Waals surface area contributed by atoms with E-state index < -0.39 is 0 Å². The third kappa shape index (κ3) is 4.64. The van der Waals surface area contributed by atoms with Gasteiger partial charge in [-0.2, -0.15) is 0 Å². The van der Waals surface area contributed by atoms with Crippen LogP contribution >= 0.6 is 12.4 Å². The standard InChI is InChI=1S/C22H27N5O2.ClH/c1-26-14-6-8-16(26)7-4-12-23-15-20(28)27-19-11-3-2-9-17(19)22(29)25-18-10-5-13-24-21(18)27;/h2-3,5,9-11,13,16,23H,4,6-8,12,14-15H2,1H3,(H,25,29);1H. The molecule has 1 saturated heterocycles. The van der Waals surface area contributed by atoms with Crippen LogP contribution in [0.25, 0.3) is 0 Å². The Kier molecular flexibility index (Phi) is 7.42. The Bertz CT molecular complexity index is 907. The fraction of sp³-hybridized carbons (Fsp3) is 0.409. The summed E-state index contributed by atoms with van der Waals surface area (Å²) in [6.45, 7) is 2.17. The predicted molar refractivity (Wildman–Crippen MR) is 121 cm³/mol. The van der Waals surface area contributed by atoms with Gasteiger partial charge in [-0.25, -0.2) is 4.98 Å². The topological polar surface area (TPSA) is 77.6 Å². The highest BCUT2D eigenvalue weighted by atomic mass is 35.5. The van der Waals surface area contributed by atoms with Crippen LogP contribution in [-0.2, 0) is 4.79 Å². The summed E-state index contributed by atoms with van der Waals surface area (Å²) in [6, 6.07) is 11.3. The molecule has 7 nitrogen and oxygen atoms in total. The van der Waals surface area contributed by atoms with Crippen LogP contribution in [-0.4, -0.2) is 54.4 Å². The fourth-order valence-electron chi connectivity index (χ4n) is 4.17. The monoisotopic (exact) mass is 429 g/mol. The Morgan fingerprint density at radius 1 is 1.27 bits per heavy atom. The van der Waals surface area contributed by atoms with Gasteiger partial charge in [-0.1, -0.05) is 12.1 Å². The lowest BCUT2D eigenvalue weighted by Gasteiger charge is -2.23. The molecule has 8 heteroatoms. The van der Waals surface area contributed by atoms with Crippen molar-refractivity contribution in [2.24, 2.45) is 0 Å². The number of rotatable bonds is 6. The van der Waals surface area contributed by atoms with Crippen LogP contribution in [0.3, 0.4) is 0 Å². The average molecular weight is 430 g/mol. The molecule has 2 aliphatic rings. The van der Waals surface area contributed by atoms with Crippen LogP contribution < -0.4 is 15.5 Å². The summed E-state index contributed by atoms with van der Waals surface area (Å²) in [5.74, 6) is 0.0795. The van der Waals surface area contributed by atoms with E-state index in [2.05, 4.69) is 27.6 Å². The molecule has 30 heavy (non-hydrogen) atoms. The summed E-state index contributed by atoms with van der Waals surface area (Å²) in [5.41, 5.74) is 1.55. The second kappa shape index (κ2) is 10.0. The molecule has 0 aliphatic carbocycles. The SMILES string of the molecule is CN1CCCC1CCCNCC(=O)N1c2ccccc2C(=O)Nc2cccnc21.Cl. The minimum atomic E-state index is -0.237. The first-order valence-corrected chi connectivity index (χ1v) is 10.2. The number of anilines is 3. The Balaban J connectivity index is 0.00000256. The number of pyridine rings is 1. The highest BCUT2D eigenvalue weighted by molar-refractivity contribution is 6.17. The van der Waals surface area contributed by atoms with Gasteiger partial charge in [0.15, 0.2) is 5.82 Å². The van der Waals surface area contributed by atoms with E-state index in [0.717, 1.165) is 19.4 Å². The van der Waals surface area contributed by atoms with Crippen molar-refractivity contribution >= 4 is 41.4 Å². The highest BCUT2D eigenvalue weighted by Crippen LogP contribution is 2.35. The molecule has 1 aromatic heterocycles. The number of carbonyl (C=O) groups is 2. The van der Waals surface area contributed by atoms with Crippen molar-refractivity contribution in [1.82, 2.24) is 15.2 Å². The second-order valence-corrected chi connectivity index (χ2v) is 7.67. The van der Waals surface area contributed by atoms with Crippen molar-refractivity contribution in [3.63, 3.8) is 0 Å². The van der Waals surface area contributed by atoms with Gasteiger partial charge in [0.05, 0.1) is 23.5 Å². The quantitative estimate of drug-likeness (QED) is 0.689. The number of hydrogen-bond donors (Lipinski definition) is 2. The fourth-order valence-corrected chi connectivity index (χ4v) is 4.17. The van der Waals surface area contributed by atoms with Gasteiger partial charge in [-0.05, 0) is 70.1 Å². The van der Waals surface area contributed by atoms with Crippen LogP contribution in [0.1, 0.15) is 36.0 Å². The molecule has 0 bridgehead atoms. The van der Waals surface area contributed by atoms with Gasteiger partial charge in [-0.3, -0.25) is 14.5 Å². The number of amides is 2. The van der Waals surface area contributed by atoms with E-state index in [-0.39, 0.29) is 30.8 Å². The number of carbonyl (C=O) groups excluding carboxylic acids is 2. The number of nitrogens with one attached hydrogen (secondary N) is 2. The van der Waals surface area contributed by atoms with E-state index in [0.29, 0.717) is 28.8 Å². The predicted octanol–water partition coefficient (Wildman–Crippen LogP) is 3.20. The molecular weight excluding hydrogens is 402 g/mol. The minimum absolute atomic E-state index is 0. The first kappa shape index (κ1) is 22.2. The molecule has 2 N–H and O–H groups in total. The Labute approximate surface area is 183 Å². The van der Waals surface area contributed by atoms with Crippen molar-refractivity contribution in [2.45, 2.75) is 31.7 Å². The number of hydrogen-bond acceptors (Lipinski definition) is 5. The molecule has 4 rings (SSSR count). The Morgan fingerprint density at radius 3 is 2.90 bits per heavy atom. The van der Waals surface area contributed by atoms with E-state index in [1.54, 1.807) is 41.4 Å². The van der Waals surface area contributed by atoms with Gasteiger partial charge in [0.25, 0.3) is 5.91 Å². The number of fused-ring (bicyclic) bond motifs is 2. The van der Waals surface area contributed by atoms with E-state index in [9.17, 15) is 9.59 Å². The molecule has 0 radical (unpaired) electrons. The maximum absolute atomic E-state index is 13.1. The van der Waals surface area contributed by atoms with Crippen LogP contribution in [0.5, 0.6) is 0 Å². The van der Waals surface area contributed by atoms with Gasteiger partial charge in [0, 0.05) is 12.2 Å². The van der Waals surface area contributed by atoms with Gasteiger partial charge in [0.2, 0.25) is 5.91 Å². The molecule has 2 amide bonds. The van der Waals surface area contributed by atoms with Gasteiger partial charge < -0.3 is 15.5 Å². The number of likely N-dealkylation sites (tertiary alicyclic amines) is 1. The maximum atomic E-state index is 13.1. The molecule has 3 heterocycles. The van der Waals surface area contributed by atoms with Crippen LogP contribution in [0.15, 0.2) is 42.6 Å². The minimum Gasteiger partial charge on any atom is -0.319 e. The maximum Gasteiger partial charge on any atom is 0.257 e. The molecule has 2 aromatic rings. The Hall–Kier alpha value is -2.48. The largest absolute Gasteiger partial charge is 0.319 e. The van der Waals surface area contributed by atoms with Crippen LogP contribution in [0.2, 0.25) is 0 Å². The van der Waals surface area contributed by atoms with E-state index in [1.165, 1.54) is 19.4 Å². The molecule has 1 atom stereocenters. The molecule has 2 aliphatic heterocycles. The third-order valence-electron chi connectivity index (χ3n) is 5.72. The van der Waals surface area contributed by atoms with E-state index >= 15 is 0 Å². The molecule has 0 saturated carbocycles. The summed E-state index contributed by atoms with van der Waals surface area (Å²) in [4.78, 5) is 34.1. The summed E-state index contributed by atoms with van der Waals surface area (Å²) >= 11 is 0. The van der Waals surface area contributed by atoms with Crippen molar-refractivity contribution in [3.05, 3.63) is 48.2 Å². The summed E-state index contributed by atoms with van der Waals surface area (Å²) < 4.78 is 0. The first-order valence-electron chi connectivity index (χ1n) is 10.2. The molecule has 1 fully saturated rings. The number of para-hydroxylation sites is 1. The van der Waals surface area contributed by atoms with Gasteiger partial charge in [-0.15, -0.1) is 12.4 Å². The molecule has 160 valence electrons. The second-order valence-electron chi connectivity index (χ2n) is 7.67. The molecule has 1 aromatic carbocycles. The van der Waals surface area contributed by atoms with Crippen molar-refractivity contribution < 1.29 is 9.59 Å². The van der Waals surface area contributed by atoms with Gasteiger partial charge in [0.1, 0.15) is 0 Å². The van der Waals surface area contributed by atoms with E-state index in [1.807, 2.05) is 6.07 Å². The summed E-state index contributed by atoms with van der Waals surface area (Å²) in [5, 5.41) is 6.13. The van der Waals surface area contributed by atoms with Crippen LogP contribution in [0, 0.1) is 0 Å². The first-order chi connectivity index (χ1) is 14.1. The normalized spacial score (nSPS) is 18.1. The van der Waals surface area contributed by atoms with Crippen LogP contribution in [0.4, 0.5) is 17.2 Å². The molecule has 1 unspecified atom stereocenters. The number of nitrogens with zero attached hydrogens (tertiary/aromatic N) is 3.